The third-order valence-electron chi connectivity index (χ3n) is 13.6. The molecule has 2 N–H and O–H groups in total. The van der Waals surface area contributed by atoms with Gasteiger partial charge in [0.25, 0.3) is 20.2 Å². The summed E-state index contributed by atoms with van der Waals surface area (Å²) in [6.45, 7) is 15.6. The number of benzene rings is 3. The Morgan fingerprint density at radius 1 is 0.779 bits per heavy atom. The number of nitrogens with zero attached hydrogens (tertiary/aromatic N) is 4. The van der Waals surface area contributed by atoms with Crippen LogP contribution in [0.4, 0.5) is 11.4 Å². The lowest BCUT2D eigenvalue weighted by Crippen LogP contribution is -2.42. The average molecular weight is 973 g/mol. The van der Waals surface area contributed by atoms with Crippen molar-refractivity contribution in [3.8, 4) is 0 Å². The van der Waals surface area contributed by atoms with Gasteiger partial charge >= 0.3 is 5.97 Å². The molecule has 3 aromatic carbocycles. The lowest BCUT2D eigenvalue weighted by atomic mass is 9.78. The Balaban J connectivity index is 1.47. The minimum atomic E-state index is -4.42. The number of anilines is 2. The molecule has 3 aromatic rings. The monoisotopic (exact) mass is 973 g/mol. The molecule has 0 saturated carbocycles. The molecule has 0 fully saturated rings. The summed E-state index contributed by atoms with van der Waals surface area (Å²) >= 11 is 0. The van der Waals surface area contributed by atoms with Gasteiger partial charge in [-0.2, -0.15) is 16.8 Å². The lowest BCUT2D eigenvalue weighted by Gasteiger charge is -2.34. The SMILES string of the molecule is CC(C)OC(=O)CCc1ccc(C2=C(/C=C/C3N(CCC[N+](C)(C)C)c4ccc(S(=O)(=O)O)cc4C3(C)C)CCC/C2=C\C=C2\N(CCC[N+](C)(C)C)c3ccc(S(=O)(=O)O)cc3C2(C)C)cc1. The Labute approximate surface area is 407 Å². The molecular formula is C54H76N4O8S2+2. The summed E-state index contributed by atoms with van der Waals surface area (Å²) in [7, 11) is 4.23. The second-order valence-electron chi connectivity index (χ2n) is 22.3. The van der Waals surface area contributed by atoms with Crippen LogP contribution in [0.3, 0.4) is 0 Å². The average Bonchev–Trinajstić information content (AvgIpc) is 3.56. The van der Waals surface area contributed by atoms with E-state index in [1.165, 1.54) is 23.3 Å². The Morgan fingerprint density at radius 3 is 1.93 bits per heavy atom. The lowest BCUT2D eigenvalue weighted by molar-refractivity contribution is -0.870. The Morgan fingerprint density at radius 2 is 1.35 bits per heavy atom. The summed E-state index contributed by atoms with van der Waals surface area (Å²) in [5, 5.41) is 0. The number of hydrogen-bond donors (Lipinski definition) is 2. The van der Waals surface area contributed by atoms with Crippen molar-refractivity contribution in [3.63, 3.8) is 0 Å². The molecule has 1 atom stereocenters. The van der Waals surface area contributed by atoms with Gasteiger partial charge in [0.2, 0.25) is 0 Å². The smallest absolute Gasteiger partial charge is 0.306 e. The van der Waals surface area contributed by atoms with E-state index in [1.54, 1.807) is 12.1 Å². The van der Waals surface area contributed by atoms with Crippen LogP contribution in [0, 0.1) is 0 Å². The van der Waals surface area contributed by atoms with Crippen LogP contribution in [0.1, 0.15) is 102 Å². The number of quaternary nitrogens is 2. The van der Waals surface area contributed by atoms with Crippen molar-refractivity contribution in [2.45, 2.75) is 119 Å². The summed E-state index contributed by atoms with van der Waals surface area (Å²) in [5.74, 6) is -0.222. The van der Waals surface area contributed by atoms with Crippen molar-refractivity contribution < 1.29 is 44.4 Å². The fourth-order valence-electron chi connectivity index (χ4n) is 10.1. The molecule has 1 aliphatic carbocycles. The van der Waals surface area contributed by atoms with Crippen LogP contribution in [-0.4, -0.2) is 121 Å². The first-order valence-electron chi connectivity index (χ1n) is 24.0. The van der Waals surface area contributed by atoms with Crippen LogP contribution in [0.15, 0.2) is 112 Å². The van der Waals surface area contributed by atoms with Crippen LogP contribution >= 0.6 is 0 Å². The number of esters is 1. The van der Waals surface area contributed by atoms with E-state index < -0.39 is 31.1 Å². The molecule has 0 aromatic heterocycles. The van der Waals surface area contributed by atoms with Crippen molar-refractivity contribution in [3.05, 3.63) is 124 Å². The molecule has 14 heteroatoms. The Bertz CT molecular complexity index is 2720. The molecule has 0 radical (unpaired) electrons. The minimum absolute atomic E-state index is 0.110. The molecule has 3 aliphatic rings. The fourth-order valence-corrected chi connectivity index (χ4v) is 11.2. The van der Waals surface area contributed by atoms with Gasteiger partial charge in [-0.3, -0.25) is 13.9 Å². The normalized spacial score (nSPS) is 19.7. The number of carbonyl (C=O) groups excluding carboxylic acids is 1. The highest BCUT2D eigenvalue weighted by molar-refractivity contribution is 7.86. The predicted molar refractivity (Wildman–Crippen MR) is 274 cm³/mol. The Kier molecular flexibility index (Phi) is 15.6. The first kappa shape index (κ1) is 52.8. The zero-order valence-corrected chi connectivity index (χ0v) is 44.1. The molecule has 0 bridgehead atoms. The van der Waals surface area contributed by atoms with E-state index in [9.17, 15) is 30.7 Å². The van der Waals surface area contributed by atoms with Crippen molar-refractivity contribution >= 4 is 43.2 Å². The van der Waals surface area contributed by atoms with E-state index >= 15 is 0 Å². The number of hydrogen-bond acceptors (Lipinski definition) is 8. The molecule has 2 heterocycles. The molecule has 0 saturated heterocycles. The predicted octanol–water partition coefficient (Wildman–Crippen LogP) is 9.53. The Hall–Kier alpha value is -4.57. The van der Waals surface area contributed by atoms with Crippen molar-refractivity contribution in [1.29, 1.82) is 0 Å². The van der Waals surface area contributed by atoms with Gasteiger partial charge in [0.05, 0.1) is 77.3 Å². The molecule has 0 spiro atoms. The topological polar surface area (TPSA) is 142 Å². The molecule has 6 rings (SSSR count). The molecule has 0 amide bonds. The highest BCUT2D eigenvalue weighted by Gasteiger charge is 2.44. The largest absolute Gasteiger partial charge is 0.463 e. The number of ether oxygens (including phenoxy) is 1. The van der Waals surface area contributed by atoms with Crippen LogP contribution in [0.2, 0.25) is 0 Å². The van der Waals surface area contributed by atoms with Gasteiger partial charge in [-0.05, 0) is 121 Å². The van der Waals surface area contributed by atoms with Gasteiger partial charge in [0.1, 0.15) is 0 Å². The molecule has 68 heavy (non-hydrogen) atoms. The number of rotatable bonds is 18. The first-order valence-corrected chi connectivity index (χ1v) is 26.9. The maximum atomic E-state index is 12.5. The highest BCUT2D eigenvalue weighted by atomic mass is 32.2. The van der Waals surface area contributed by atoms with Gasteiger partial charge in [-0.25, -0.2) is 0 Å². The third-order valence-corrected chi connectivity index (χ3v) is 15.3. The number of aryl methyl sites for hydroxylation is 1. The minimum Gasteiger partial charge on any atom is -0.463 e. The second kappa shape index (κ2) is 20.0. The molecule has 12 nitrogen and oxygen atoms in total. The van der Waals surface area contributed by atoms with Crippen molar-refractivity contribution in [2.75, 3.05) is 78.3 Å². The van der Waals surface area contributed by atoms with E-state index in [-0.39, 0.29) is 27.9 Å². The van der Waals surface area contributed by atoms with Crippen LogP contribution in [0.5, 0.6) is 0 Å². The van der Waals surface area contributed by atoms with E-state index in [0.717, 1.165) is 112 Å². The summed E-state index contributed by atoms with van der Waals surface area (Å²) in [4.78, 5) is 16.9. The van der Waals surface area contributed by atoms with Gasteiger partial charge in [0, 0.05) is 60.3 Å². The van der Waals surface area contributed by atoms with Crippen LogP contribution in [-0.2, 0) is 47.0 Å². The highest BCUT2D eigenvalue weighted by Crippen LogP contribution is 2.50. The number of allylic oxidation sites excluding steroid dienone is 7. The van der Waals surface area contributed by atoms with Crippen molar-refractivity contribution in [2.24, 2.45) is 0 Å². The standard InChI is InChI=1S/C54H74N4O8S2/c1-38(2)66-51(59)31-20-39-18-21-42(22-19-39)52-40(23-29-49-53(3,4)45-36-43(67(60,61)62)25-27-47(45)55(49)32-14-34-57(7,8)9)16-13-17-41(52)24-30-50-54(5,6)46-37-44(68(63,64)65)26-28-48(46)56(50)33-15-35-58(10,11)12/h18-19,21-30,36-38,49H,13-17,20,31-35H2,1-12H3/p+2/b29-23+,41-24+,50-30+. The maximum Gasteiger partial charge on any atom is 0.306 e. The molecule has 2 aliphatic heterocycles. The summed E-state index contributed by atoms with van der Waals surface area (Å²) in [5.41, 5.74) is 9.13. The van der Waals surface area contributed by atoms with Gasteiger partial charge < -0.3 is 23.5 Å². The summed E-state index contributed by atoms with van der Waals surface area (Å²) < 4.78 is 76.7. The maximum absolute atomic E-state index is 12.5. The van der Waals surface area contributed by atoms with Gasteiger partial charge in [-0.15, -0.1) is 0 Å². The number of fused-ring (bicyclic) bond motifs is 2. The van der Waals surface area contributed by atoms with E-state index in [2.05, 4.69) is 128 Å². The quantitative estimate of drug-likeness (QED) is 0.0720. The second-order valence-corrected chi connectivity index (χ2v) is 25.1. The van der Waals surface area contributed by atoms with E-state index in [4.69, 9.17) is 4.74 Å². The van der Waals surface area contributed by atoms with Crippen LogP contribution in [0.25, 0.3) is 5.57 Å². The molecule has 370 valence electrons. The zero-order chi connectivity index (χ0) is 50.2. The van der Waals surface area contributed by atoms with E-state index in [0.29, 0.717) is 12.8 Å². The van der Waals surface area contributed by atoms with Gasteiger partial charge in [0.15, 0.2) is 0 Å². The first-order chi connectivity index (χ1) is 31.5. The summed E-state index contributed by atoms with van der Waals surface area (Å²) in [6, 6.07) is 18.2. The van der Waals surface area contributed by atoms with E-state index in [1.807, 2.05) is 26.0 Å². The summed E-state index contributed by atoms with van der Waals surface area (Å²) in [6.07, 6.45) is 14.1. The van der Waals surface area contributed by atoms with Crippen molar-refractivity contribution in [1.82, 2.24) is 0 Å². The molecular weight excluding hydrogens is 897 g/mol. The van der Waals surface area contributed by atoms with Gasteiger partial charge in [-0.1, -0.05) is 70.2 Å². The zero-order valence-electron chi connectivity index (χ0n) is 42.5. The molecule has 1 unspecified atom stereocenters. The fraction of sp³-hybridized carbons (Fsp3) is 0.500. The number of carbonyl (C=O) groups is 1. The van der Waals surface area contributed by atoms with Crippen LogP contribution < -0.4 is 9.80 Å². The third kappa shape index (κ3) is 12.4.